The molecule has 9 heteroatoms. The third kappa shape index (κ3) is 4.29. The van der Waals surface area contributed by atoms with Gasteiger partial charge in [-0.15, -0.1) is 5.10 Å². The van der Waals surface area contributed by atoms with Crippen LogP contribution in [0.25, 0.3) is 11.6 Å². The van der Waals surface area contributed by atoms with Gasteiger partial charge in [-0.3, -0.25) is 4.79 Å². The Labute approximate surface area is 181 Å². The molecule has 146 valence electrons. The van der Waals surface area contributed by atoms with Gasteiger partial charge in [-0.2, -0.15) is 9.67 Å². The molecule has 29 heavy (non-hydrogen) atoms. The molecule has 0 bridgehead atoms. The fourth-order valence-electron chi connectivity index (χ4n) is 2.64. The van der Waals surface area contributed by atoms with Gasteiger partial charge in [0.1, 0.15) is 0 Å². The highest BCUT2D eigenvalue weighted by Gasteiger charge is 2.21. The van der Waals surface area contributed by atoms with Crippen LogP contribution >= 0.6 is 34.8 Å². The molecule has 2 aromatic carbocycles. The summed E-state index contributed by atoms with van der Waals surface area (Å²) in [4.78, 5) is 17.5. The Morgan fingerprint density at radius 3 is 2.48 bits per heavy atom. The summed E-state index contributed by atoms with van der Waals surface area (Å²) in [7, 11) is 0. The summed E-state index contributed by atoms with van der Waals surface area (Å²) in [5.74, 6) is 0.512. The lowest BCUT2D eigenvalue weighted by molar-refractivity contribution is 0.0947. The van der Waals surface area contributed by atoms with E-state index in [0.29, 0.717) is 22.4 Å². The predicted molar refractivity (Wildman–Crippen MR) is 113 cm³/mol. The average molecular weight is 448 g/mol. The molecule has 0 atom stereocenters. The first-order valence-corrected chi connectivity index (χ1v) is 9.63. The lowest BCUT2D eigenvalue weighted by Gasteiger charge is -2.08. The topological polar surface area (TPSA) is 73.0 Å². The molecule has 2 heterocycles. The number of carbonyl (C=O) groups excluding carboxylic acids is 1. The smallest absolute Gasteiger partial charge is 0.282 e. The zero-order valence-corrected chi connectivity index (χ0v) is 17.0. The Morgan fingerprint density at radius 2 is 1.79 bits per heavy atom. The zero-order valence-electron chi connectivity index (χ0n) is 14.8. The Kier molecular flexibility index (Phi) is 5.58. The monoisotopic (exact) mass is 446 g/mol. The van der Waals surface area contributed by atoms with Crippen LogP contribution < -0.4 is 5.32 Å². The van der Waals surface area contributed by atoms with Gasteiger partial charge in [0, 0.05) is 16.6 Å². The first-order valence-electron chi connectivity index (χ1n) is 8.50. The molecule has 0 unspecified atom stereocenters. The lowest BCUT2D eigenvalue weighted by Crippen LogP contribution is -2.18. The van der Waals surface area contributed by atoms with Crippen molar-refractivity contribution < 1.29 is 9.21 Å². The van der Waals surface area contributed by atoms with Crippen LogP contribution in [-0.4, -0.2) is 20.7 Å². The number of furan rings is 1. The van der Waals surface area contributed by atoms with Crippen LogP contribution in [0.15, 0.2) is 65.3 Å². The zero-order chi connectivity index (χ0) is 20.4. The minimum atomic E-state index is -0.449. The van der Waals surface area contributed by atoms with E-state index >= 15 is 0 Å². The predicted octanol–water partition coefficient (Wildman–Crippen LogP) is 5.80. The van der Waals surface area contributed by atoms with Crippen LogP contribution in [0.2, 0.25) is 15.1 Å². The van der Waals surface area contributed by atoms with Gasteiger partial charge in [0.2, 0.25) is 11.8 Å². The summed E-state index contributed by atoms with van der Waals surface area (Å²) in [5.41, 5.74) is 1.21. The van der Waals surface area contributed by atoms with E-state index < -0.39 is 5.91 Å². The Morgan fingerprint density at radius 1 is 1.03 bits per heavy atom. The molecule has 0 amide bonds. The second-order valence-electron chi connectivity index (χ2n) is 6.06. The maximum Gasteiger partial charge on any atom is 0.282 e. The molecule has 4 aromatic rings. The molecule has 0 aliphatic rings. The minimum Gasteiger partial charge on any atom is -0.461 e. The highest BCUT2D eigenvalue weighted by atomic mass is 35.5. The molecule has 0 aliphatic heterocycles. The van der Waals surface area contributed by atoms with Crippen LogP contribution in [0.1, 0.15) is 15.9 Å². The van der Waals surface area contributed by atoms with Crippen LogP contribution in [0.3, 0.4) is 0 Å². The van der Waals surface area contributed by atoms with E-state index in [1.165, 1.54) is 12.3 Å². The first kappa shape index (κ1) is 19.5. The van der Waals surface area contributed by atoms with Crippen molar-refractivity contribution in [1.82, 2.24) is 14.8 Å². The fraction of sp³-hybridized carbons (Fsp3) is 0.0500. The van der Waals surface area contributed by atoms with Gasteiger partial charge in [-0.25, -0.2) is 0 Å². The molecule has 0 spiro atoms. The van der Waals surface area contributed by atoms with Crippen molar-refractivity contribution >= 4 is 46.7 Å². The largest absolute Gasteiger partial charge is 0.461 e. The number of nitrogens with one attached hydrogen (secondary N) is 1. The van der Waals surface area contributed by atoms with E-state index in [1.807, 2.05) is 12.1 Å². The summed E-state index contributed by atoms with van der Waals surface area (Å²) in [6.07, 6.45) is 1.51. The van der Waals surface area contributed by atoms with E-state index in [-0.39, 0.29) is 22.4 Å². The standard InChI is InChI=1S/C20H13Cl3N4O2/c21-13-5-3-12(4-6-13)11-24-20-25-18(17-2-1-9-29-17)26-27(20)19(28)15-8-7-14(22)10-16(15)23/h1-10H,11H2,(H,24,25,26). The highest BCUT2D eigenvalue weighted by molar-refractivity contribution is 6.36. The molecule has 4 rings (SSSR count). The Balaban J connectivity index is 1.69. The summed E-state index contributed by atoms with van der Waals surface area (Å²) >= 11 is 18.1. The maximum absolute atomic E-state index is 13.1. The number of hydrogen-bond donors (Lipinski definition) is 1. The van der Waals surface area contributed by atoms with Gasteiger partial charge in [0.15, 0.2) is 5.76 Å². The van der Waals surface area contributed by atoms with Gasteiger partial charge in [0.25, 0.3) is 5.91 Å². The van der Waals surface area contributed by atoms with Crippen molar-refractivity contribution in [2.75, 3.05) is 5.32 Å². The molecule has 2 aromatic heterocycles. The Hall–Kier alpha value is -2.80. The van der Waals surface area contributed by atoms with E-state index in [1.54, 1.807) is 36.4 Å². The molecule has 0 saturated heterocycles. The molecular formula is C20H13Cl3N4O2. The van der Waals surface area contributed by atoms with Gasteiger partial charge in [-0.05, 0) is 48.0 Å². The number of halogens is 3. The van der Waals surface area contributed by atoms with Crippen molar-refractivity contribution in [3.63, 3.8) is 0 Å². The quantitative estimate of drug-likeness (QED) is 0.418. The number of nitrogens with zero attached hydrogens (tertiary/aromatic N) is 3. The maximum atomic E-state index is 13.1. The number of aromatic nitrogens is 3. The van der Waals surface area contributed by atoms with Gasteiger partial charge >= 0.3 is 0 Å². The number of carbonyl (C=O) groups is 1. The van der Waals surface area contributed by atoms with Gasteiger partial charge in [-0.1, -0.05) is 46.9 Å². The molecule has 0 saturated carbocycles. The second-order valence-corrected chi connectivity index (χ2v) is 7.34. The summed E-state index contributed by atoms with van der Waals surface area (Å²) in [5, 5.41) is 8.73. The second kappa shape index (κ2) is 8.29. The van der Waals surface area contributed by atoms with Crippen molar-refractivity contribution in [1.29, 1.82) is 0 Å². The summed E-state index contributed by atoms with van der Waals surface area (Å²) in [6.45, 7) is 0.412. The molecule has 0 aliphatic carbocycles. The van der Waals surface area contributed by atoms with Crippen molar-refractivity contribution in [3.05, 3.63) is 87.1 Å². The van der Waals surface area contributed by atoms with E-state index in [2.05, 4.69) is 15.4 Å². The van der Waals surface area contributed by atoms with E-state index in [0.717, 1.165) is 10.2 Å². The highest BCUT2D eigenvalue weighted by Crippen LogP contribution is 2.24. The van der Waals surface area contributed by atoms with E-state index in [9.17, 15) is 4.79 Å². The van der Waals surface area contributed by atoms with Crippen LogP contribution in [0.4, 0.5) is 5.95 Å². The van der Waals surface area contributed by atoms with Crippen molar-refractivity contribution in [2.45, 2.75) is 6.54 Å². The van der Waals surface area contributed by atoms with Crippen LogP contribution in [0, 0.1) is 0 Å². The van der Waals surface area contributed by atoms with E-state index in [4.69, 9.17) is 39.2 Å². The minimum absolute atomic E-state index is 0.223. The van der Waals surface area contributed by atoms with Crippen molar-refractivity contribution in [3.8, 4) is 11.6 Å². The van der Waals surface area contributed by atoms with Gasteiger partial charge in [0.05, 0.1) is 16.8 Å². The van der Waals surface area contributed by atoms with Gasteiger partial charge < -0.3 is 9.73 Å². The average Bonchev–Trinajstić information content (AvgIpc) is 3.37. The third-order valence-corrected chi connectivity index (χ3v) is 4.87. The van der Waals surface area contributed by atoms with Crippen LogP contribution in [-0.2, 0) is 6.54 Å². The molecule has 6 nitrogen and oxygen atoms in total. The summed E-state index contributed by atoms with van der Waals surface area (Å²) < 4.78 is 6.51. The van der Waals surface area contributed by atoms with Crippen molar-refractivity contribution in [2.24, 2.45) is 0 Å². The normalized spacial score (nSPS) is 10.9. The lowest BCUT2D eigenvalue weighted by atomic mass is 10.2. The molecule has 1 N–H and O–H groups in total. The fourth-order valence-corrected chi connectivity index (χ4v) is 3.25. The SMILES string of the molecule is O=C(c1ccc(Cl)cc1Cl)n1nc(-c2ccco2)nc1NCc1ccc(Cl)cc1. The first-order chi connectivity index (χ1) is 14.0. The number of hydrogen-bond acceptors (Lipinski definition) is 5. The number of anilines is 1. The Bertz CT molecular complexity index is 1160. The molecule has 0 radical (unpaired) electrons. The molecule has 0 fully saturated rings. The molecular weight excluding hydrogens is 435 g/mol. The van der Waals surface area contributed by atoms with Crippen LogP contribution in [0.5, 0.6) is 0 Å². The summed E-state index contributed by atoms with van der Waals surface area (Å²) in [6, 6.07) is 15.4. The third-order valence-electron chi connectivity index (χ3n) is 4.07. The number of benzene rings is 2. The number of rotatable bonds is 5.